The molecule has 6 heteroatoms. The van der Waals surface area contributed by atoms with Gasteiger partial charge in [0.2, 0.25) is 5.91 Å². The average molecular weight is 359 g/mol. The summed E-state index contributed by atoms with van der Waals surface area (Å²) in [6, 6.07) is 8.47. The van der Waals surface area contributed by atoms with Crippen molar-refractivity contribution in [3.8, 4) is 5.75 Å². The number of amides is 1. The van der Waals surface area contributed by atoms with Crippen molar-refractivity contribution >= 4 is 11.9 Å². The fourth-order valence-electron chi connectivity index (χ4n) is 2.76. The molecule has 1 atom stereocenters. The lowest BCUT2D eigenvalue weighted by Crippen LogP contribution is -2.34. The van der Waals surface area contributed by atoms with E-state index < -0.39 is 23.7 Å². The minimum absolute atomic E-state index is 0.0130. The minimum Gasteiger partial charge on any atom is -0.494 e. The number of nitrogens with one attached hydrogen (secondary N) is 1. The maximum atomic E-state index is 13.8. The number of carboxylic acids is 1. The molecule has 0 spiro atoms. The first-order valence-corrected chi connectivity index (χ1v) is 8.23. The zero-order chi connectivity index (χ0) is 19.3. The fourth-order valence-corrected chi connectivity index (χ4v) is 2.76. The van der Waals surface area contributed by atoms with Gasteiger partial charge in [0.05, 0.1) is 7.11 Å². The number of hydrogen-bond acceptors (Lipinski definition) is 3. The van der Waals surface area contributed by atoms with Crippen LogP contribution in [0.4, 0.5) is 4.39 Å². The fraction of sp³-hybridized carbons (Fsp3) is 0.300. The molecule has 2 aromatic rings. The van der Waals surface area contributed by atoms with E-state index in [9.17, 15) is 19.1 Å². The molecule has 26 heavy (non-hydrogen) atoms. The van der Waals surface area contributed by atoms with Crippen molar-refractivity contribution in [2.75, 3.05) is 7.11 Å². The number of hydrogen-bond donors (Lipinski definition) is 2. The second-order valence-electron chi connectivity index (χ2n) is 6.16. The van der Waals surface area contributed by atoms with Crippen LogP contribution in [0.25, 0.3) is 0 Å². The number of rotatable bonds is 7. The standard InChI is InChI=1S/C20H22FNO4/c1-12-4-5-14(13(2)10-12)7-9-18(23)22-19(20(24)25)15-6-8-17(26-3)16(21)11-15/h4-6,8,10-11,19H,7,9H2,1-3H3,(H,22,23)(H,24,25). The third-order valence-electron chi connectivity index (χ3n) is 4.18. The Kier molecular flexibility index (Phi) is 6.33. The Balaban J connectivity index is 2.06. The highest BCUT2D eigenvalue weighted by atomic mass is 19.1. The SMILES string of the molecule is COc1ccc(C(NC(=O)CCc2ccc(C)cc2C)C(=O)O)cc1F. The Labute approximate surface area is 151 Å². The van der Waals surface area contributed by atoms with E-state index >= 15 is 0 Å². The van der Waals surface area contributed by atoms with Crippen LogP contribution in [-0.2, 0) is 16.0 Å². The molecule has 0 saturated carbocycles. The molecule has 2 N–H and O–H groups in total. The van der Waals surface area contributed by atoms with Gasteiger partial charge in [0.15, 0.2) is 17.6 Å². The van der Waals surface area contributed by atoms with E-state index in [4.69, 9.17) is 4.74 Å². The highest BCUT2D eigenvalue weighted by Gasteiger charge is 2.23. The lowest BCUT2D eigenvalue weighted by molar-refractivity contribution is -0.142. The molecule has 0 aliphatic heterocycles. The van der Waals surface area contributed by atoms with Gasteiger partial charge in [0, 0.05) is 6.42 Å². The zero-order valence-corrected chi connectivity index (χ0v) is 15.0. The zero-order valence-electron chi connectivity index (χ0n) is 15.0. The first-order valence-electron chi connectivity index (χ1n) is 8.23. The quantitative estimate of drug-likeness (QED) is 0.795. The van der Waals surface area contributed by atoms with Crippen LogP contribution in [0.5, 0.6) is 5.75 Å². The summed E-state index contributed by atoms with van der Waals surface area (Å²) < 4.78 is 18.6. The molecule has 0 aromatic heterocycles. The van der Waals surface area contributed by atoms with Gasteiger partial charge in [-0.2, -0.15) is 0 Å². The third-order valence-corrected chi connectivity index (χ3v) is 4.18. The molecule has 138 valence electrons. The molecule has 0 fully saturated rings. The number of methoxy groups -OCH3 is 1. The number of benzene rings is 2. The van der Waals surface area contributed by atoms with Gasteiger partial charge in [-0.3, -0.25) is 4.79 Å². The number of aryl methyl sites for hydroxylation is 3. The average Bonchev–Trinajstić information content (AvgIpc) is 2.58. The molecule has 0 aliphatic rings. The molecule has 0 aliphatic carbocycles. The van der Waals surface area contributed by atoms with Crippen molar-refractivity contribution < 1.29 is 23.8 Å². The number of carbonyl (C=O) groups is 2. The summed E-state index contributed by atoms with van der Waals surface area (Å²) in [7, 11) is 1.32. The molecule has 5 nitrogen and oxygen atoms in total. The molecule has 2 aromatic carbocycles. The van der Waals surface area contributed by atoms with Crippen LogP contribution in [0.15, 0.2) is 36.4 Å². The van der Waals surface area contributed by atoms with Crippen molar-refractivity contribution in [3.05, 3.63) is 64.5 Å². The van der Waals surface area contributed by atoms with E-state index in [0.29, 0.717) is 6.42 Å². The Hall–Kier alpha value is -2.89. The second-order valence-corrected chi connectivity index (χ2v) is 6.16. The van der Waals surface area contributed by atoms with Gasteiger partial charge >= 0.3 is 5.97 Å². The Morgan fingerprint density at radius 3 is 2.50 bits per heavy atom. The summed E-state index contributed by atoms with van der Waals surface area (Å²) in [6.07, 6.45) is 0.646. The van der Waals surface area contributed by atoms with Crippen molar-refractivity contribution in [1.82, 2.24) is 5.32 Å². The largest absolute Gasteiger partial charge is 0.494 e. The molecule has 2 rings (SSSR count). The smallest absolute Gasteiger partial charge is 0.330 e. The van der Waals surface area contributed by atoms with Crippen molar-refractivity contribution in [1.29, 1.82) is 0 Å². The van der Waals surface area contributed by atoms with E-state index in [0.717, 1.165) is 22.8 Å². The van der Waals surface area contributed by atoms with E-state index in [1.54, 1.807) is 0 Å². The molecule has 0 heterocycles. The molecule has 0 radical (unpaired) electrons. The number of ether oxygens (including phenoxy) is 1. The third kappa shape index (κ3) is 4.81. The number of halogens is 1. The summed E-state index contributed by atoms with van der Waals surface area (Å²) in [4.78, 5) is 23.7. The van der Waals surface area contributed by atoms with Gasteiger partial charge in [-0.05, 0) is 49.1 Å². The predicted octanol–water partition coefficient (Wildman–Crippen LogP) is 3.33. The van der Waals surface area contributed by atoms with E-state index in [1.165, 1.54) is 19.2 Å². The first kappa shape index (κ1) is 19.4. The van der Waals surface area contributed by atoms with Gasteiger partial charge in [-0.1, -0.05) is 29.8 Å². The monoisotopic (exact) mass is 359 g/mol. The Morgan fingerprint density at radius 1 is 1.19 bits per heavy atom. The van der Waals surface area contributed by atoms with E-state index in [-0.39, 0.29) is 17.7 Å². The summed E-state index contributed by atoms with van der Waals surface area (Å²) in [5.41, 5.74) is 3.41. The van der Waals surface area contributed by atoms with E-state index in [1.807, 2.05) is 32.0 Å². The summed E-state index contributed by atoms with van der Waals surface area (Å²) >= 11 is 0. The Morgan fingerprint density at radius 2 is 1.92 bits per heavy atom. The predicted molar refractivity (Wildman–Crippen MR) is 95.7 cm³/mol. The molecular weight excluding hydrogens is 337 g/mol. The first-order chi connectivity index (χ1) is 12.3. The molecule has 1 amide bonds. The van der Waals surface area contributed by atoms with Gasteiger partial charge in [-0.15, -0.1) is 0 Å². The van der Waals surface area contributed by atoms with Crippen LogP contribution < -0.4 is 10.1 Å². The topological polar surface area (TPSA) is 75.6 Å². The van der Waals surface area contributed by atoms with E-state index in [2.05, 4.69) is 5.32 Å². The lowest BCUT2D eigenvalue weighted by Gasteiger charge is -2.16. The highest BCUT2D eigenvalue weighted by Crippen LogP contribution is 2.22. The van der Waals surface area contributed by atoms with Crippen LogP contribution in [0.3, 0.4) is 0 Å². The van der Waals surface area contributed by atoms with Crippen LogP contribution in [0, 0.1) is 19.7 Å². The molecule has 1 unspecified atom stereocenters. The van der Waals surface area contributed by atoms with Crippen molar-refractivity contribution in [2.45, 2.75) is 32.7 Å². The molecular formula is C20H22FNO4. The van der Waals surface area contributed by atoms with Gasteiger partial charge in [0.25, 0.3) is 0 Å². The van der Waals surface area contributed by atoms with Gasteiger partial charge < -0.3 is 15.2 Å². The summed E-state index contributed by atoms with van der Waals surface area (Å²) in [5.74, 6) is -2.33. The normalized spacial score (nSPS) is 11.7. The maximum absolute atomic E-state index is 13.8. The summed E-state index contributed by atoms with van der Waals surface area (Å²) in [5, 5.41) is 11.8. The maximum Gasteiger partial charge on any atom is 0.330 e. The van der Waals surface area contributed by atoms with Crippen LogP contribution >= 0.6 is 0 Å². The lowest BCUT2D eigenvalue weighted by atomic mass is 10.0. The highest BCUT2D eigenvalue weighted by molar-refractivity contribution is 5.84. The van der Waals surface area contributed by atoms with Crippen LogP contribution in [0.1, 0.15) is 34.7 Å². The number of carboxylic acid groups (broad SMARTS) is 1. The molecule has 0 saturated heterocycles. The van der Waals surface area contributed by atoms with Crippen molar-refractivity contribution in [3.63, 3.8) is 0 Å². The Bertz CT molecular complexity index is 819. The number of carbonyl (C=O) groups excluding carboxylic acids is 1. The van der Waals surface area contributed by atoms with Gasteiger partial charge in [0.1, 0.15) is 0 Å². The summed E-state index contributed by atoms with van der Waals surface area (Å²) in [6.45, 7) is 3.97. The van der Waals surface area contributed by atoms with Gasteiger partial charge in [-0.25, -0.2) is 9.18 Å². The van der Waals surface area contributed by atoms with Crippen LogP contribution in [-0.4, -0.2) is 24.1 Å². The second kappa shape index (κ2) is 8.47. The number of aliphatic carboxylic acids is 1. The van der Waals surface area contributed by atoms with Crippen molar-refractivity contribution in [2.24, 2.45) is 0 Å². The molecule has 0 bridgehead atoms. The minimum atomic E-state index is -1.32. The van der Waals surface area contributed by atoms with Crippen LogP contribution in [0.2, 0.25) is 0 Å².